The van der Waals surface area contributed by atoms with Gasteiger partial charge in [0, 0.05) is 22.7 Å². The normalized spacial score (nSPS) is 11.7. The zero-order chi connectivity index (χ0) is 17.1. The van der Waals surface area contributed by atoms with E-state index in [-0.39, 0.29) is 11.4 Å². The molecule has 2 aromatic carbocycles. The quantitative estimate of drug-likeness (QED) is 0.414. The molecule has 3 aromatic rings. The summed E-state index contributed by atoms with van der Waals surface area (Å²) in [6.07, 6.45) is 3.31. The van der Waals surface area contributed by atoms with Gasteiger partial charge in [-0.3, -0.25) is 4.79 Å². The molecule has 0 saturated heterocycles. The molecule has 0 aliphatic carbocycles. The van der Waals surface area contributed by atoms with Crippen LogP contribution < -0.4 is 0 Å². The molecule has 0 aliphatic rings. The highest BCUT2D eigenvalue weighted by Gasteiger charge is 2.16. The third-order valence-corrected chi connectivity index (χ3v) is 4.11. The third kappa shape index (κ3) is 3.00. The van der Waals surface area contributed by atoms with Crippen LogP contribution in [0.15, 0.2) is 60.3 Å². The maximum absolute atomic E-state index is 12.7. The SMILES string of the molecule is CC(C)c1ccc(C=C(C#N)C(=O)c2c[nH]c3ccccc23)cc1. The summed E-state index contributed by atoms with van der Waals surface area (Å²) < 4.78 is 0. The van der Waals surface area contributed by atoms with Crippen molar-refractivity contribution in [2.24, 2.45) is 0 Å². The van der Waals surface area contributed by atoms with Gasteiger partial charge in [-0.2, -0.15) is 5.26 Å². The highest BCUT2D eigenvalue weighted by Crippen LogP contribution is 2.22. The van der Waals surface area contributed by atoms with Gasteiger partial charge in [-0.15, -0.1) is 0 Å². The smallest absolute Gasteiger partial charge is 0.205 e. The van der Waals surface area contributed by atoms with Crippen LogP contribution >= 0.6 is 0 Å². The van der Waals surface area contributed by atoms with Crippen molar-refractivity contribution in [3.05, 3.63) is 77.0 Å². The molecule has 0 saturated carbocycles. The van der Waals surface area contributed by atoms with Crippen molar-refractivity contribution in [1.82, 2.24) is 4.98 Å². The van der Waals surface area contributed by atoms with E-state index in [4.69, 9.17) is 0 Å². The summed E-state index contributed by atoms with van der Waals surface area (Å²) in [4.78, 5) is 15.8. The first-order valence-electron chi connectivity index (χ1n) is 7.92. The van der Waals surface area contributed by atoms with Crippen LogP contribution in [0.25, 0.3) is 17.0 Å². The number of nitrogens with one attached hydrogen (secondary N) is 1. The maximum atomic E-state index is 12.7. The van der Waals surface area contributed by atoms with Crippen LogP contribution in [0.1, 0.15) is 41.3 Å². The molecule has 1 aromatic heterocycles. The number of benzene rings is 2. The Hall–Kier alpha value is -3.12. The minimum atomic E-state index is -0.261. The van der Waals surface area contributed by atoms with E-state index in [1.165, 1.54) is 5.56 Å². The lowest BCUT2D eigenvalue weighted by Gasteiger charge is -2.05. The van der Waals surface area contributed by atoms with E-state index in [0.29, 0.717) is 11.5 Å². The number of carbonyl (C=O) groups is 1. The molecule has 24 heavy (non-hydrogen) atoms. The Bertz CT molecular complexity index is 953. The van der Waals surface area contributed by atoms with Crippen LogP contribution in [-0.2, 0) is 0 Å². The zero-order valence-electron chi connectivity index (χ0n) is 13.7. The number of hydrogen-bond acceptors (Lipinski definition) is 2. The molecule has 0 fully saturated rings. The minimum Gasteiger partial charge on any atom is -0.360 e. The van der Waals surface area contributed by atoms with Gasteiger partial charge in [0.25, 0.3) is 0 Å². The Morgan fingerprint density at radius 2 is 1.83 bits per heavy atom. The van der Waals surface area contributed by atoms with Gasteiger partial charge in [0.15, 0.2) is 0 Å². The third-order valence-electron chi connectivity index (χ3n) is 4.11. The number of rotatable bonds is 4. The van der Waals surface area contributed by atoms with Crippen molar-refractivity contribution in [3.8, 4) is 6.07 Å². The maximum Gasteiger partial charge on any atom is 0.205 e. The largest absolute Gasteiger partial charge is 0.360 e. The van der Waals surface area contributed by atoms with E-state index in [1.54, 1.807) is 12.3 Å². The van der Waals surface area contributed by atoms with Crippen molar-refractivity contribution in [2.75, 3.05) is 0 Å². The lowest BCUT2D eigenvalue weighted by Crippen LogP contribution is -2.01. The van der Waals surface area contributed by atoms with Gasteiger partial charge in [0.1, 0.15) is 11.6 Å². The summed E-state index contributed by atoms with van der Waals surface area (Å²) >= 11 is 0. The summed E-state index contributed by atoms with van der Waals surface area (Å²) in [7, 11) is 0. The van der Waals surface area contributed by atoms with E-state index < -0.39 is 0 Å². The highest BCUT2D eigenvalue weighted by molar-refractivity contribution is 6.19. The lowest BCUT2D eigenvalue weighted by molar-refractivity contribution is 0.104. The fourth-order valence-corrected chi connectivity index (χ4v) is 2.70. The fourth-order valence-electron chi connectivity index (χ4n) is 2.70. The Labute approximate surface area is 141 Å². The van der Waals surface area contributed by atoms with E-state index in [9.17, 15) is 10.1 Å². The average Bonchev–Trinajstić information content (AvgIpc) is 3.03. The number of nitriles is 1. The van der Waals surface area contributed by atoms with Crippen molar-refractivity contribution < 1.29 is 4.79 Å². The number of carbonyl (C=O) groups excluding carboxylic acids is 1. The summed E-state index contributed by atoms with van der Waals surface area (Å²) in [6.45, 7) is 4.26. The molecule has 1 heterocycles. The zero-order valence-corrected chi connectivity index (χ0v) is 13.7. The van der Waals surface area contributed by atoms with Gasteiger partial charge in [-0.05, 0) is 29.2 Å². The number of nitrogens with zero attached hydrogens (tertiary/aromatic N) is 1. The molecule has 0 bridgehead atoms. The van der Waals surface area contributed by atoms with Crippen LogP contribution in [-0.4, -0.2) is 10.8 Å². The van der Waals surface area contributed by atoms with Gasteiger partial charge in [-0.25, -0.2) is 0 Å². The standard InChI is InChI=1S/C21H18N2O/c1-14(2)16-9-7-15(8-10-16)11-17(12-22)21(24)19-13-23-20-6-4-3-5-18(19)20/h3-11,13-14,23H,1-2H3. The lowest BCUT2D eigenvalue weighted by atomic mass is 9.99. The second kappa shape index (κ2) is 6.55. The van der Waals surface area contributed by atoms with E-state index in [2.05, 4.69) is 18.8 Å². The number of fused-ring (bicyclic) bond motifs is 1. The van der Waals surface area contributed by atoms with Crippen molar-refractivity contribution >= 4 is 22.8 Å². The number of ketones is 1. The van der Waals surface area contributed by atoms with Crippen LogP contribution in [0.2, 0.25) is 0 Å². The predicted octanol–water partition coefficient (Wildman–Crippen LogP) is 5.08. The first-order chi connectivity index (χ1) is 11.6. The van der Waals surface area contributed by atoms with Crippen LogP contribution in [0.4, 0.5) is 0 Å². The van der Waals surface area contributed by atoms with Crippen molar-refractivity contribution in [3.63, 3.8) is 0 Å². The molecule has 3 heteroatoms. The number of H-pyrrole nitrogens is 1. The number of aromatic amines is 1. The molecular weight excluding hydrogens is 296 g/mol. The molecule has 0 aliphatic heterocycles. The Morgan fingerprint density at radius 3 is 2.50 bits per heavy atom. The van der Waals surface area contributed by atoms with Gasteiger partial charge >= 0.3 is 0 Å². The highest BCUT2D eigenvalue weighted by atomic mass is 16.1. The van der Waals surface area contributed by atoms with Crippen LogP contribution in [0.5, 0.6) is 0 Å². The second-order valence-electron chi connectivity index (χ2n) is 6.07. The molecule has 1 N–H and O–H groups in total. The monoisotopic (exact) mass is 314 g/mol. The molecule has 0 amide bonds. The van der Waals surface area contributed by atoms with Crippen molar-refractivity contribution in [2.45, 2.75) is 19.8 Å². The predicted molar refractivity (Wildman–Crippen MR) is 96.8 cm³/mol. The molecule has 3 rings (SSSR count). The van der Waals surface area contributed by atoms with E-state index in [1.807, 2.05) is 54.6 Å². The van der Waals surface area contributed by atoms with E-state index >= 15 is 0 Å². The molecular formula is C21H18N2O. The van der Waals surface area contributed by atoms with Crippen LogP contribution in [0.3, 0.4) is 0 Å². The Morgan fingerprint density at radius 1 is 1.12 bits per heavy atom. The summed E-state index contributed by atoms with van der Waals surface area (Å²) in [5.74, 6) is 0.189. The fraction of sp³-hybridized carbons (Fsp3) is 0.143. The van der Waals surface area contributed by atoms with Gasteiger partial charge in [0.2, 0.25) is 5.78 Å². The van der Waals surface area contributed by atoms with Gasteiger partial charge in [-0.1, -0.05) is 56.3 Å². The summed E-state index contributed by atoms with van der Waals surface area (Å²) in [5.41, 5.74) is 3.63. The van der Waals surface area contributed by atoms with Gasteiger partial charge in [0.05, 0.1) is 0 Å². The number of aromatic nitrogens is 1. The Balaban J connectivity index is 1.96. The molecule has 3 nitrogen and oxygen atoms in total. The molecule has 0 atom stereocenters. The summed E-state index contributed by atoms with van der Waals surface area (Å²) in [6, 6.07) is 17.6. The first kappa shape index (κ1) is 15.8. The molecule has 0 radical (unpaired) electrons. The minimum absolute atomic E-state index is 0.136. The van der Waals surface area contributed by atoms with Crippen LogP contribution in [0, 0.1) is 11.3 Å². The molecule has 0 unspecified atom stereocenters. The number of hydrogen-bond donors (Lipinski definition) is 1. The van der Waals surface area contributed by atoms with Crippen molar-refractivity contribution in [1.29, 1.82) is 5.26 Å². The number of para-hydroxylation sites is 1. The molecule has 118 valence electrons. The summed E-state index contributed by atoms with van der Waals surface area (Å²) in [5, 5.41) is 10.3. The first-order valence-corrected chi connectivity index (χ1v) is 7.92. The number of allylic oxidation sites excluding steroid dienone is 1. The van der Waals surface area contributed by atoms with Gasteiger partial charge < -0.3 is 4.98 Å². The van der Waals surface area contributed by atoms with E-state index in [0.717, 1.165) is 16.5 Å². The average molecular weight is 314 g/mol. The second-order valence-corrected chi connectivity index (χ2v) is 6.07. The molecule has 0 spiro atoms. The topological polar surface area (TPSA) is 56.6 Å². The number of Topliss-reactive ketones (excluding diaryl/α,β-unsaturated/α-hetero) is 1. The Kier molecular flexibility index (Phi) is 4.31.